The summed E-state index contributed by atoms with van der Waals surface area (Å²) in [5, 5.41) is 0. The molecule has 0 atom stereocenters. The molecule has 2 rings (SSSR count). The molecule has 0 fully saturated rings. The number of aryl methyl sites for hydroxylation is 1. The van der Waals surface area contributed by atoms with Gasteiger partial charge in [-0.05, 0) is 58.2 Å². The van der Waals surface area contributed by atoms with E-state index in [1.54, 1.807) is 24.3 Å². The number of benzene rings is 2. The van der Waals surface area contributed by atoms with Crippen molar-refractivity contribution in [1.82, 2.24) is 0 Å². The zero-order valence-corrected chi connectivity index (χ0v) is 14.3. The molecule has 2 N–H and O–H groups in total. The Kier molecular flexibility index (Phi) is 4.58. The van der Waals surface area contributed by atoms with Gasteiger partial charge in [-0.1, -0.05) is 19.1 Å². The van der Waals surface area contributed by atoms with E-state index < -0.39 is 10.0 Å². The van der Waals surface area contributed by atoms with Crippen LogP contribution >= 0.6 is 15.9 Å². The largest absolute Gasteiger partial charge is 0.399 e. The highest BCUT2D eigenvalue weighted by molar-refractivity contribution is 9.10. The highest BCUT2D eigenvalue weighted by atomic mass is 79.9. The maximum Gasteiger partial charge on any atom is 0.265 e. The van der Waals surface area contributed by atoms with Crippen LogP contribution in [0.25, 0.3) is 0 Å². The number of hydrogen-bond acceptors (Lipinski definition) is 3. The van der Waals surface area contributed by atoms with Crippen molar-refractivity contribution in [3.8, 4) is 0 Å². The lowest BCUT2D eigenvalue weighted by molar-refractivity contribution is 0.594. The van der Waals surface area contributed by atoms with Crippen LogP contribution in [0.4, 0.5) is 11.4 Å². The molecule has 0 amide bonds. The highest BCUT2D eigenvalue weighted by Gasteiger charge is 2.24. The number of sulfonamides is 1. The van der Waals surface area contributed by atoms with Gasteiger partial charge >= 0.3 is 0 Å². The second kappa shape index (κ2) is 6.07. The summed E-state index contributed by atoms with van der Waals surface area (Å²) in [6.07, 6.45) is 0.914. The van der Waals surface area contributed by atoms with Gasteiger partial charge in [-0.3, -0.25) is 4.31 Å². The van der Waals surface area contributed by atoms with Gasteiger partial charge in [0, 0.05) is 17.2 Å². The lowest BCUT2D eigenvalue weighted by atomic mass is 10.1. The molecule has 0 spiro atoms. The second-order valence-electron chi connectivity index (χ2n) is 4.68. The van der Waals surface area contributed by atoms with Gasteiger partial charge in [-0.2, -0.15) is 0 Å². The smallest absolute Gasteiger partial charge is 0.265 e. The summed E-state index contributed by atoms with van der Waals surface area (Å²) in [6.45, 7) is 2.05. The monoisotopic (exact) mass is 368 g/mol. The first-order valence-electron chi connectivity index (χ1n) is 6.49. The lowest BCUT2D eigenvalue weighted by Crippen LogP contribution is -2.27. The van der Waals surface area contributed by atoms with Gasteiger partial charge in [0.1, 0.15) is 4.90 Å². The third-order valence-electron chi connectivity index (χ3n) is 3.30. The Morgan fingerprint density at radius 2 is 1.76 bits per heavy atom. The zero-order chi connectivity index (χ0) is 15.6. The number of halogens is 1. The summed E-state index contributed by atoms with van der Waals surface area (Å²) in [4.78, 5) is 0.157. The minimum absolute atomic E-state index is 0.157. The van der Waals surface area contributed by atoms with Gasteiger partial charge in [-0.25, -0.2) is 8.42 Å². The number of nitrogen functional groups attached to an aromatic ring is 1. The van der Waals surface area contributed by atoms with Crippen LogP contribution in [0.15, 0.2) is 51.8 Å². The van der Waals surface area contributed by atoms with Gasteiger partial charge in [-0.15, -0.1) is 0 Å². The number of hydrogen-bond donors (Lipinski definition) is 1. The van der Waals surface area contributed by atoms with E-state index in [1.807, 2.05) is 12.1 Å². The molecule has 0 unspecified atom stereocenters. The van der Waals surface area contributed by atoms with Crippen molar-refractivity contribution >= 4 is 37.3 Å². The third kappa shape index (κ3) is 3.22. The Morgan fingerprint density at radius 3 is 2.33 bits per heavy atom. The van der Waals surface area contributed by atoms with E-state index in [0.29, 0.717) is 15.8 Å². The molecule has 0 bridgehead atoms. The number of nitrogens with zero attached hydrogens (tertiary/aromatic N) is 1. The molecule has 0 saturated carbocycles. The van der Waals surface area contributed by atoms with Gasteiger partial charge < -0.3 is 5.73 Å². The first-order chi connectivity index (χ1) is 9.86. The van der Waals surface area contributed by atoms with Crippen molar-refractivity contribution in [1.29, 1.82) is 0 Å². The fourth-order valence-corrected chi connectivity index (χ4v) is 4.10. The number of nitrogens with two attached hydrogens (primary N) is 1. The summed E-state index contributed by atoms with van der Waals surface area (Å²) in [5.41, 5.74) is 7.88. The molecule has 4 nitrogen and oxygen atoms in total. The third-order valence-corrected chi connectivity index (χ3v) is 6.08. The van der Waals surface area contributed by atoms with Crippen LogP contribution in [0.1, 0.15) is 12.5 Å². The summed E-state index contributed by atoms with van der Waals surface area (Å²) in [6, 6.07) is 12.2. The van der Waals surface area contributed by atoms with Crippen molar-refractivity contribution in [3.63, 3.8) is 0 Å². The van der Waals surface area contributed by atoms with Crippen molar-refractivity contribution in [2.24, 2.45) is 0 Å². The molecule has 0 radical (unpaired) electrons. The van der Waals surface area contributed by atoms with E-state index >= 15 is 0 Å². The number of rotatable bonds is 4. The van der Waals surface area contributed by atoms with E-state index in [2.05, 4.69) is 22.9 Å². The highest BCUT2D eigenvalue weighted by Crippen LogP contribution is 2.29. The van der Waals surface area contributed by atoms with Crippen molar-refractivity contribution in [3.05, 3.63) is 52.5 Å². The molecule has 112 valence electrons. The molecule has 2 aromatic rings. The van der Waals surface area contributed by atoms with Crippen LogP contribution in [0.2, 0.25) is 0 Å². The van der Waals surface area contributed by atoms with E-state index in [9.17, 15) is 8.42 Å². The number of anilines is 2. The van der Waals surface area contributed by atoms with Gasteiger partial charge in [0.2, 0.25) is 0 Å². The predicted octanol–water partition coefficient (Wildman–Crippen LogP) is 3.42. The first kappa shape index (κ1) is 15.9. The Hall–Kier alpha value is -1.53. The maximum atomic E-state index is 12.7. The Balaban J connectivity index is 2.44. The summed E-state index contributed by atoms with van der Waals surface area (Å²) >= 11 is 3.27. The molecule has 0 aliphatic heterocycles. The van der Waals surface area contributed by atoms with Gasteiger partial charge in [0.15, 0.2) is 0 Å². The van der Waals surface area contributed by atoms with E-state index in [-0.39, 0.29) is 4.90 Å². The Bertz CT molecular complexity index is 743. The SMILES string of the molecule is CCc1ccc(N(C)S(=O)(=O)c2cc(N)ccc2Br)cc1. The van der Waals surface area contributed by atoms with Crippen LogP contribution in [0, 0.1) is 0 Å². The molecule has 21 heavy (non-hydrogen) atoms. The average molecular weight is 369 g/mol. The Morgan fingerprint density at radius 1 is 1.14 bits per heavy atom. The molecule has 0 heterocycles. The van der Waals surface area contributed by atoms with Gasteiger partial charge in [0.25, 0.3) is 10.0 Å². The molecule has 0 aliphatic rings. The van der Waals surface area contributed by atoms with E-state index in [1.165, 1.54) is 17.4 Å². The van der Waals surface area contributed by atoms with Crippen molar-refractivity contribution in [2.75, 3.05) is 17.1 Å². The Labute approximate surface area is 133 Å². The zero-order valence-electron chi connectivity index (χ0n) is 11.9. The summed E-state index contributed by atoms with van der Waals surface area (Å²) in [5.74, 6) is 0. The van der Waals surface area contributed by atoms with Crippen LogP contribution in [-0.2, 0) is 16.4 Å². The van der Waals surface area contributed by atoms with E-state index in [4.69, 9.17) is 5.73 Å². The fraction of sp³-hybridized carbons (Fsp3) is 0.200. The molecule has 0 aliphatic carbocycles. The second-order valence-corrected chi connectivity index (χ2v) is 7.47. The lowest BCUT2D eigenvalue weighted by Gasteiger charge is -2.20. The molecule has 0 aromatic heterocycles. The first-order valence-corrected chi connectivity index (χ1v) is 8.72. The minimum Gasteiger partial charge on any atom is -0.399 e. The van der Waals surface area contributed by atoms with Crippen molar-refractivity contribution in [2.45, 2.75) is 18.2 Å². The molecule has 0 saturated heterocycles. The standard InChI is InChI=1S/C15H17BrN2O2S/c1-3-11-4-7-13(8-5-11)18(2)21(19,20)15-10-12(17)6-9-14(15)16/h4-10H,3,17H2,1-2H3. The molecular weight excluding hydrogens is 352 g/mol. The topological polar surface area (TPSA) is 63.4 Å². The normalized spacial score (nSPS) is 11.4. The van der Waals surface area contributed by atoms with Crippen LogP contribution < -0.4 is 10.0 Å². The predicted molar refractivity (Wildman–Crippen MR) is 90.0 cm³/mol. The van der Waals surface area contributed by atoms with E-state index in [0.717, 1.165) is 12.0 Å². The maximum absolute atomic E-state index is 12.7. The quantitative estimate of drug-likeness (QED) is 0.840. The van der Waals surface area contributed by atoms with Crippen LogP contribution in [-0.4, -0.2) is 15.5 Å². The summed E-state index contributed by atoms with van der Waals surface area (Å²) < 4.78 is 27.2. The van der Waals surface area contributed by atoms with Crippen LogP contribution in [0.3, 0.4) is 0 Å². The fourth-order valence-electron chi connectivity index (χ4n) is 1.95. The van der Waals surface area contributed by atoms with Crippen molar-refractivity contribution < 1.29 is 8.42 Å². The minimum atomic E-state index is -3.66. The molecule has 6 heteroatoms. The summed E-state index contributed by atoms with van der Waals surface area (Å²) in [7, 11) is -2.12. The molecular formula is C15H17BrN2O2S. The van der Waals surface area contributed by atoms with Crippen LogP contribution in [0.5, 0.6) is 0 Å². The van der Waals surface area contributed by atoms with Gasteiger partial charge in [0.05, 0.1) is 5.69 Å². The average Bonchev–Trinajstić information content (AvgIpc) is 2.49. The molecule has 2 aromatic carbocycles.